The zero-order valence-electron chi connectivity index (χ0n) is 10.5. The Kier molecular flexibility index (Phi) is 3.37. The van der Waals surface area contributed by atoms with E-state index in [1.807, 2.05) is 18.2 Å². The van der Waals surface area contributed by atoms with Gasteiger partial charge in [-0.25, -0.2) is 4.98 Å². The van der Waals surface area contributed by atoms with Gasteiger partial charge in [-0.05, 0) is 29.0 Å². The summed E-state index contributed by atoms with van der Waals surface area (Å²) < 4.78 is 5.33. The second kappa shape index (κ2) is 5.17. The molecule has 0 unspecified atom stereocenters. The minimum absolute atomic E-state index is 0.480. The third kappa shape index (κ3) is 2.56. The van der Waals surface area contributed by atoms with E-state index >= 15 is 0 Å². The van der Waals surface area contributed by atoms with Crippen molar-refractivity contribution in [3.8, 4) is 0 Å². The van der Waals surface area contributed by atoms with Crippen LogP contribution in [0.2, 0.25) is 0 Å². The van der Waals surface area contributed by atoms with Gasteiger partial charge in [-0.15, -0.1) is 0 Å². The fourth-order valence-electron chi connectivity index (χ4n) is 2.26. The number of rotatable bonds is 2. The second-order valence-corrected chi connectivity index (χ2v) is 4.59. The summed E-state index contributed by atoms with van der Waals surface area (Å²) in [6.45, 7) is 3.17. The molecule has 0 aliphatic carbocycles. The highest BCUT2D eigenvalue weighted by Crippen LogP contribution is 2.18. The Morgan fingerprint density at radius 3 is 2.63 bits per heavy atom. The molecule has 5 nitrogen and oxygen atoms in total. The van der Waals surface area contributed by atoms with Crippen molar-refractivity contribution < 1.29 is 14.8 Å². The van der Waals surface area contributed by atoms with E-state index in [2.05, 4.69) is 9.88 Å². The van der Waals surface area contributed by atoms with Crippen LogP contribution in [0.5, 0.6) is 0 Å². The third-order valence-electron chi connectivity index (χ3n) is 3.33. The number of anilines is 1. The van der Waals surface area contributed by atoms with E-state index in [-0.39, 0.29) is 0 Å². The number of hydrogen-bond donors (Lipinski definition) is 2. The Labute approximate surface area is 111 Å². The summed E-state index contributed by atoms with van der Waals surface area (Å²) in [4.78, 5) is 6.80. The van der Waals surface area contributed by atoms with Crippen molar-refractivity contribution in [1.29, 1.82) is 0 Å². The number of ether oxygens (including phenoxy) is 1. The van der Waals surface area contributed by atoms with Gasteiger partial charge in [-0.3, -0.25) is 0 Å². The summed E-state index contributed by atoms with van der Waals surface area (Å²) >= 11 is 0. The van der Waals surface area contributed by atoms with Crippen molar-refractivity contribution in [2.75, 3.05) is 31.2 Å². The number of aromatic nitrogens is 1. The summed E-state index contributed by atoms with van der Waals surface area (Å²) in [5, 5.41) is 19.2. The molecule has 0 bridgehead atoms. The van der Waals surface area contributed by atoms with E-state index in [9.17, 15) is 0 Å². The van der Waals surface area contributed by atoms with Gasteiger partial charge in [0.15, 0.2) is 0 Å². The van der Waals surface area contributed by atoms with Crippen LogP contribution >= 0.6 is 0 Å². The van der Waals surface area contributed by atoms with E-state index in [0.29, 0.717) is 5.46 Å². The topological polar surface area (TPSA) is 65.8 Å². The highest BCUT2D eigenvalue weighted by atomic mass is 16.5. The second-order valence-electron chi connectivity index (χ2n) is 4.59. The van der Waals surface area contributed by atoms with Crippen molar-refractivity contribution in [2.24, 2.45) is 0 Å². The molecule has 3 rings (SSSR count). The molecule has 1 saturated heterocycles. The maximum atomic E-state index is 9.15. The summed E-state index contributed by atoms with van der Waals surface area (Å²) in [6.07, 6.45) is 0. The van der Waals surface area contributed by atoms with Gasteiger partial charge in [0.1, 0.15) is 5.82 Å². The quantitative estimate of drug-likeness (QED) is 0.727. The number of morpholine rings is 1. The molecule has 2 aromatic rings. The van der Waals surface area contributed by atoms with Crippen LogP contribution in [0.25, 0.3) is 10.9 Å². The molecular weight excluding hydrogens is 243 g/mol. The van der Waals surface area contributed by atoms with Crippen LogP contribution in [-0.2, 0) is 4.74 Å². The molecule has 6 heteroatoms. The molecule has 0 radical (unpaired) electrons. The first-order valence-electron chi connectivity index (χ1n) is 6.33. The molecule has 1 aliphatic heterocycles. The number of hydrogen-bond acceptors (Lipinski definition) is 5. The van der Waals surface area contributed by atoms with E-state index in [4.69, 9.17) is 14.8 Å². The van der Waals surface area contributed by atoms with Gasteiger partial charge in [-0.1, -0.05) is 12.1 Å². The van der Waals surface area contributed by atoms with Crippen LogP contribution in [0.1, 0.15) is 0 Å². The Bertz CT molecular complexity index is 585. The highest BCUT2D eigenvalue weighted by Gasteiger charge is 2.14. The molecule has 98 valence electrons. The largest absolute Gasteiger partial charge is 0.488 e. The molecule has 1 aromatic carbocycles. The van der Waals surface area contributed by atoms with Crippen LogP contribution < -0.4 is 10.4 Å². The van der Waals surface area contributed by atoms with E-state index in [1.54, 1.807) is 12.1 Å². The lowest BCUT2D eigenvalue weighted by molar-refractivity contribution is 0.122. The number of nitrogens with zero attached hydrogens (tertiary/aromatic N) is 2. The smallest absolute Gasteiger partial charge is 0.423 e. The normalized spacial score (nSPS) is 15.8. The molecule has 1 fully saturated rings. The van der Waals surface area contributed by atoms with Crippen LogP contribution in [0.3, 0.4) is 0 Å². The average molecular weight is 258 g/mol. The van der Waals surface area contributed by atoms with Gasteiger partial charge < -0.3 is 19.7 Å². The molecule has 0 spiro atoms. The molecular formula is C13H15BN2O3. The average Bonchev–Trinajstić information content (AvgIpc) is 2.47. The van der Waals surface area contributed by atoms with Crippen LogP contribution in [-0.4, -0.2) is 48.5 Å². The molecule has 1 aromatic heterocycles. The zero-order valence-corrected chi connectivity index (χ0v) is 10.5. The third-order valence-corrected chi connectivity index (χ3v) is 3.33. The van der Waals surface area contributed by atoms with E-state index in [0.717, 1.165) is 43.0 Å². The van der Waals surface area contributed by atoms with Gasteiger partial charge >= 0.3 is 7.12 Å². The van der Waals surface area contributed by atoms with Crippen molar-refractivity contribution in [1.82, 2.24) is 4.98 Å². The molecule has 2 heterocycles. The Morgan fingerprint density at radius 1 is 1.11 bits per heavy atom. The predicted molar refractivity (Wildman–Crippen MR) is 74.6 cm³/mol. The van der Waals surface area contributed by atoms with Crippen LogP contribution in [0, 0.1) is 0 Å². The predicted octanol–water partition coefficient (Wildman–Crippen LogP) is -0.249. The number of fused-ring (bicyclic) bond motifs is 1. The summed E-state index contributed by atoms with van der Waals surface area (Å²) in [5.74, 6) is 0.938. The summed E-state index contributed by atoms with van der Waals surface area (Å²) in [7, 11) is -1.44. The Morgan fingerprint density at radius 2 is 1.89 bits per heavy atom. The molecule has 0 saturated carbocycles. The number of pyridine rings is 1. The molecule has 19 heavy (non-hydrogen) atoms. The molecule has 0 atom stereocenters. The van der Waals surface area contributed by atoms with Crippen molar-refractivity contribution in [3.05, 3.63) is 30.3 Å². The van der Waals surface area contributed by atoms with Crippen molar-refractivity contribution >= 4 is 29.3 Å². The summed E-state index contributed by atoms with van der Waals surface area (Å²) in [5.41, 5.74) is 1.34. The zero-order chi connectivity index (χ0) is 13.2. The summed E-state index contributed by atoms with van der Waals surface area (Å²) in [6, 6.07) is 9.16. The van der Waals surface area contributed by atoms with E-state index in [1.165, 1.54) is 0 Å². The lowest BCUT2D eigenvalue weighted by atomic mass is 9.80. The van der Waals surface area contributed by atoms with Gasteiger partial charge in [0.2, 0.25) is 0 Å². The van der Waals surface area contributed by atoms with Gasteiger partial charge in [0, 0.05) is 13.1 Å². The standard InChI is InChI=1S/C13H15BN2O3/c17-14(18)11-2-3-12-10(9-11)1-4-13(15-12)16-5-7-19-8-6-16/h1-4,9,17-18H,5-8H2. The SMILES string of the molecule is OB(O)c1ccc2nc(N3CCOCC3)ccc2c1. The first-order chi connectivity index (χ1) is 9.24. The molecule has 1 aliphatic rings. The Balaban J connectivity index is 1.94. The van der Waals surface area contributed by atoms with E-state index < -0.39 is 7.12 Å². The monoisotopic (exact) mass is 258 g/mol. The fraction of sp³-hybridized carbons (Fsp3) is 0.308. The fourth-order valence-corrected chi connectivity index (χ4v) is 2.26. The first kappa shape index (κ1) is 12.4. The molecule has 0 amide bonds. The minimum atomic E-state index is -1.44. The lowest BCUT2D eigenvalue weighted by Crippen LogP contribution is -2.36. The van der Waals surface area contributed by atoms with Crippen LogP contribution in [0.15, 0.2) is 30.3 Å². The Hall–Kier alpha value is -1.63. The maximum absolute atomic E-state index is 9.15. The molecule has 2 N–H and O–H groups in total. The van der Waals surface area contributed by atoms with Crippen LogP contribution in [0.4, 0.5) is 5.82 Å². The maximum Gasteiger partial charge on any atom is 0.488 e. The highest BCUT2D eigenvalue weighted by molar-refractivity contribution is 6.58. The van der Waals surface area contributed by atoms with Crippen molar-refractivity contribution in [3.63, 3.8) is 0 Å². The first-order valence-corrected chi connectivity index (χ1v) is 6.33. The van der Waals surface area contributed by atoms with Crippen molar-refractivity contribution in [2.45, 2.75) is 0 Å². The van der Waals surface area contributed by atoms with Gasteiger partial charge in [0.05, 0.1) is 18.7 Å². The minimum Gasteiger partial charge on any atom is -0.423 e. The van der Waals surface area contributed by atoms with Gasteiger partial charge in [-0.2, -0.15) is 0 Å². The number of benzene rings is 1. The van der Waals surface area contributed by atoms with Gasteiger partial charge in [0.25, 0.3) is 0 Å². The lowest BCUT2D eigenvalue weighted by Gasteiger charge is -2.27.